The van der Waals surface area contributed by atoms with Gasteiger partial charge in [0.25, 0.3) is 0 Å². The van der Waals surface area contributed by atoms with Crippen LogP contribution in [0.1, 0.15) is 45.5 Å². The zero-order chi connectivity index (χ0) is 17.3. The number of likely N-dealkylation sites (tertiary alicyclic amines) is 1. The molecule has 1 aromatic carbocycles. The fourth-order valence-electron chi connectivity index (χ4n) is 3.11. The van der Waals surface area contributed by atoms with Gasteiger partial charge in [0.2, 0.25) is 0 Å². The molecule has 2 aromatic rings. The Labute approximate surface area is 143 Å². The van der Waals surface area contributed by atoms with Gasteiger partial charge in [-0.25, -0.2) is 9.78 Å². The van der Waals surface area contributed by atoms with Gasteiger partial charge in [-0.15, -0.1) is 0 Å². The lowest BCUT2D eigenvalue weighted by Gasteiger charge is -2.28. The first kappa shape index (κ1) is 16.6. The third kappa shape index (κ3) is 3.45. The molecular weight excluding hydrogens is 302 g/mol. The summed E-state index contributed by atoms with van der Waals surface area (Å²) in [5, 5.41) is 0. The molecule has 5 heteroatoms. The minimum absolute atomic E-state index is 0.0256. The number of nitrogens with zero attached hydrogens (tertiary/aromatic N) is 3. The molecule has 0 N–H and O–H groups in total. The third-order valence-electron chi connectivity index (χ3n) is 4.16. The molecule has 0 unspecified atom stereocenters. The van der Waals surface area contributed by atoms with E-state index in [9.17, 15) is 4.79 Å². The summed E-state index contributed by atoms with van der Waals surface area (Å²) in [4.78, 5) is 19.1. The minimum Gasteiger partial charge on any atom is -0.444 e. The highest BCUT2D eigenvalue weighted by molar-refractivity contribution is 5.69. The number of hydrogen-bond acceptors (Lipinski definition) is 3. The Morgan fingerprint density at radius 3 is 2.62 bits per heavy atom. The molecule has 24 heavy (non-hydrogen) atoms. The number of amides is 1. The van der Waals surface area contributed by atoms with E-state index in [2.05, 4.69) is 0 Å². The average Bonchev–Trinajstić information content (AvgIpc) is 3.12. The van der Waals surface area contributed by atoms with Gasteiger partial charge in [-0.1, -0.05) is 30.3 Å². The molecule has 1 saturated heterocycles. The second-order valence-electron chi connectivity index (χ2n) is 7.29. The van der Waals surface area contributed by atoms with E-state index in [1.165, 1.54) is 0 Å². The van der Waals surface area contributed by atoms with Gasteiger partial charge >= 0.3 is 6.09 Å². The first-order chi connectivity index (χ1) is 11.3. The number of carbonyl (C=O) groups is 1. The second kappa shape index (κ2) is 6.30. The summed E-state index contributed by atoms with van der Waals surface area (Å²) >= 11 is 0. The molecule has 3 rings (SSSR count). The monoisotopic (exact) mass is 327 g/mol. The number of rotatable bonds is 2. The van der Waals surface area contributed by atoms with Crippen molar-refractivity contribution in [1.29, 1.82) is 0 Å². The highest BCUT2D eigenvalue weighted by Crippen LogP contribution is 2.33. The van der Waals surface area contributed by atoms with Crippen LogP contribution >= 0.6 is 0 Å². The fourth-order valence-corrected chi connectivity index (χ4v) is 3.11. The van der Waals surface area contributed by atoms with Crippen LogP contribution in [0.15, 0.2) is 36.5 Å². The maximum atomic E-state index is 12.5. The number of carbonyl (C=O) groups excluding carboxylic acids is 1. The molecule has 1 aliphatic rings. The maximum Gasteiger partial charge on any atom is 0.410 e. The van der Waals surface area contributed by atoms with E-state index in [1.54, 1.807) is 0 Å². The molecule has 0 bridgehead atoms. The number of aryl methyl sites for hydroxylation is 1. The highest BCUT2D eigenvalue weighted by Gasteiger charge is 2.35. The van der Waals surface area contributed by atoms with Crippen molar-refractivity contribution in [2.24, 2.45) is 7.05 Å². The Bertz CT molecular complexity index is 716. The van der Waals surface area contributed by atoms with Crippen LogP contribution in [0.5, 0.6) is 0 Å². The third-order valence-corrected chi connectivity index (χ3v) is 4.16. The number of benzene rings is 1. The van der Waals surface area contributed by atoms with Crippen molar-refractivity contribution in [3.8, 4) is 11.3 Å². The van der Waals surface area contributed by atoms with Crippen molar-refractivity contribution in [3.05, 3.63) is 42.4 Å². The molecule has 1 aromatic heterocycles. The van der Waals surface area contributed by atoms with E-state index in [1.807, 2.05) is 73.8 Å². The van der Waals surface area contributed by atoms with Crippen molar-refractivity contribution in [2.75, 3.05) is 6.54 Å². The molecule has 0 radical (unpaired) electrons. The Balaban J connectivity index is 1.85. The number of aromatic nitrogens is 2. The largest absolute Gasteiger partial charge is 0.444 e. The van der Waals surface area contributed by atoms with Crippen LogP contribution in [0.3, 0.4) is 0 Å². The lowest BCUT2D eigenvalue weighted by Crippen LogP contribution is -2.37. The molecule has 0 aliphatic carbocycles. The fraction of sp³-hybridized carbons (Fsp3) is 0.474. The van der Waals surface area contributed by atoms with Crippen molar-refractivity contribution < 1.29 is 9.53 Å². The van der Waals surface area contributed by atoms with Crippen molar-refractivity contribution in [2.45, 2.75) is 45.3 Å². The van der Waals surface area contributed by atoms with Gasteiger partial charge in [-0.05, 0) is 33.6 Å². The predicted molar refractivity (Wildman–Crippen MR) is 93.6 cm³/mol. The standard InChI is InChI=1S/C19H25N3O2/c1-19(2,3)24-18(23)22-12-8-11-16(22)17-20-15(13-21(17)4)14-9-6-5-7-10-14/h5-7,9-10,13,16H,8,11-12H2,1-4H3/t16-/m0/s1. The first-order valence-electron chi connectivity index (χ1n) is 8.43. The smallest absolute Gasteiger partial charge is 0.410 e. The van der Waals surface area contributed by atoms with E-state index in [0.29, 0.717) is 6.54 Å². The van der Waals surface area contributed by atoms with Crippen molar-refractivity contribution in [1.82, 2.24) is 14.5 Å². The summed E-state index contributed by atoms with van der Waals surface area (Å²) < 4.78 is 7.58. The zero-order valence-corrected chi connectivity index (χ0v) is 14.8. The molecule has 0 spiro atoms. The molecule has 1 amide bonds. The molecule has 1 aliphatic heterocycles. The summed E-state index contributed by atoms with van der Waals surface area (Å²) in [6.07, 6.45) is 3.65. The van der Waals surface area contributed by atoms with Gasteiger partial charge in [-0.3, -0.25) is 4.90 Å². The van der Waals surface area contributed by atoms with Crippen molar-refractivity contribution in [3.63, 3.8) is 0 Å². The van der Waals surface area contributed by atoms with E-state index >= 15 is 0 Å². The molecule has 128 valence electrons. The summed E-state index contributed by atoms with van der Waals surface area (Å²) in [6, 6.07) is 10.1. The van der Waals surface area contributed by atoms with Crippen LogP contribution in [-0.4, -0.2) is 32.7 Å². The Morgan fingerprint density at radius 2 is 1.96 bits per heavy atom. The van der Waals surface area contributed by atoms with Crippen LogP contribution in [0.25, 0.3) is 11.3 Å². The molecule has 1 fully saturated rings. The van der Waals surface area contributed by atoms with Gasteiger partial charge in [-0.2, -0.15) is 0 Å². The van der Waals surface area contributed by atoms with Crippen LogP contribution in [-0.2, 0) is 11.8 Å². The quantitative estimate of drug-likeness (QED) is 0.832. The van der Waals surface area contributed by atoms with E-state index in [0.717, 1.165) is 29.9 Å². The summed E-state index contributed by atoms with van der Waals surface area (Å²) in [7, 11) is 1.99. The Hall–Kier alpha value is -2.30. The van der Waals surface area contributed by atoms with Crippen LogP contribution in [0.2, 0.25) is 0 Å². The van der Waals surface area contributed by atoms with Crippen LogP contribution < -0.4 is 0 Å². The van der Waals surface area contributed by atoms with Gasteiger partial charge in [0, 0.05) is 25.4 Å². The molecule has 0 saturated carbocycles. The Kier molecular flexibility index (Phi) is 4.35. The summed E-state index contributed by atoms with van der Waals surface area (Å²) in [5.74, 6) is 0.914. The topological polar surface area (TPSA) is 47.4 Å². The number of imidazole rings is 1. The average molecular weight is 327 g/mol. The second-order valence-corrected chi connectivity index (χ2v) is 7.29. The number of ether oxygens (including phenoxy) is 1. The Morgan fingerprint density at radius 1 is 1.25 bits per heavy atom. The summed E-state index contributed by atoms with van der Waals surface area (Å²) in [5.41, 5.74) is 1.53. The number of hydrogen-bond donors (Lipinski definition) is 0. The molecule has 1 atom stereocenters. The lowest BCUT2D eigenvalue weighted by molar-refractivity contribution is 0.0216. The lowest BCUT2D eigenvalue weighted by atomic mass is 10.2. The van der Waals surface area contributed by atoms with Gasteiger partial charge in [0.1, 0.15) is 11.4 Å². The summed E-state index contributed by atoms with van der Waals surface area (Å²) in [6.45, 7) is 6.39. The van der Waals surface area contributed by atoms with Gasteiger partial charge in [0.05, 0.1) is 11.7 Å². The SMILES string of the molecule is Cn1cc(-c2ccccc2)nc1[C@@H]1CCCN1C(=O)OC(C)(C)C. The van der Waals surface area contributed by atoms with Crippen LogP contribution in [0.4, 0.5) is 4.79 Å². The highest BCUT2D eigenvalue weighted by atomic mass is 16.6. The molecular formula is C19H25N3O2. The van der Waals surface area contributed by atoms with E-state index in [4.69, 9.17) is 9.72 Å². The van der Waals surface area contributed by atoms with E-state index in [-0.39, 0.29) is 12.1 Å². The first-order valence-corrected chi connectivity index (χ1v) is 8.43. The van der Waals surface area contributed by atoms with Gasteiger partial charge < -0.3 is 9.30 Å². The molecule has 5 nitrogen and oxygen atoms in total. The predicted octanol–water partition coefficient (Wildman–Crippen LogP) is 4.16. The van der Waals surface area contributed by atoms with Crippen LogP contribution in [0, 0.1) is 0 Å². The van der Waals surface area contributed by atoms with E-state index < -0.39 is 5.60 Å². The molecule has 2 heterocycles. The van der Waals surface area contributed by atoms with Crippen molar-refractivity contribution >= 4 is 6.09 Å². The minimum atomic E-state index is -0.485. The van der Waals surface area contributed by atoms with Gasteiger partial charge in [0.15, 0.2) is 0 Å². The maximum absolute atomic E-state index is 12.5. The zero-order valence-electron chi connectivity index (χ0n) is 14.8. The normalized spacial score (nSPS) is 18.0.